The number of nitrogens with one attached hydrogen (secondary N) is 2. The van der Waals surface area contributed by atoms with Gasteiger partial charge in [-0.15, -0.1) is 5.10 Å². The minimum absolute atomic E-state index is 0.307. The van der Waals surface area contributed by atoms with E-state index in [4.69, 9.17) is 4.74 Å². The highest BCUT2D eigenvalue weighted by atomic mass is 16.5. The van der Waals surface area contributed by atoms with E-state index in [0.717, 1.165) is 4.52 Å². The Balaban J connectivity index is 2.05. The number of hydrogen-bond acceptors (Lipinski definition) is 6. The van der Waals surface area contributed by atoms with E-state index in [-0.39, 0.29) is 0 Å². The Kier molecular flexibility index (Phi) is 3.82. The number of nitrogens with zero attached hydrogens (tertiary/aromatic N) is 3. The van der Waals surface area contributed by atoms with Crippen molar-refractivity contribution in [2.75, 3.05) is 25.6 Å². The zero-order valence-electron chi connectivity index (χ0n) is 10.9. The van der Waals surface area contributed by atoms with Crippen molar-refractivity contribution in [3.05, 3.63) is 22.6 Å². The number of aromatic amines is 1. The first-order valence-electron chi connectivity index (χ1n) is 5.91. The highest BCUT2D eigenvalue weighted by Crippen LogP contribution is 2.11. The summed E-state index contributed by atoms with van der Waals surface area (Å²) in [7, 11) is 1.59. The Bertz CT molecular complexity index is 604. The maximum atomic E-state index is 11.4. The highest BCUT2D eigenvalue weighted by molar-refractivity contribution is 5.43. The van der Waals surface area contributed by atoms with Crippen molar-refractivity contribution < 1.29 is 9.84 Å². The number of hydrogen-bond donors (Lipinski definition) is 3. The molecule has 0 saturated heterocycles. The van der Waals surface area contributed by atoms with Gasteiger partial charge >= 0.3 is 5.69 Å². The summed E-state index contributed by atoms with van der Waals surface area (Å²) in [5.41, 5.74) is -0.861. The molecule has 2 rings (SSSR count). The summed E-state index contributed by atoms with van der Waals surface area (Å²) in [6.45, 7) is 2.49. The van der Waals surface area contributed by atoms with Gasteiger partial charge in [-0.25, -0.2) is 9.89 Å². The number of H-pyrrole nitrogens is 1. The van der Waals surface area contributed by atoms with E-state index in [2.05, 4.69) is 20.6 Å². The highest BCUT2D eigenvalue weighted by Gasteiger charge is 2.19. The molecule has 0 fully saturated rings. The largest absolute Gasteiger partial charge is 0.388 e. The molecule has 1 unspecified atom stereocenters. The van der Waals surface area contributed by atoms with E-state index in [9.17, 15) is 9.90 Å². The predicted molar refractivity (Wildman–Crippen MR) is 69.2 cm³/mol. The summed E-state index contributed by atoms with van der Waals surface area (Å²) >= 11 is 0. The third kappa shape index (κ3) is 3.30. The van der Waals surface area contributed by atoms with Gasteiger partial charge in [0, 0.05) is 26.7 Å². The van der Waals surface area contributed by atoms with E-state index in [0.29, 0.717) is 31.0 Å². The Morgan fingerprint density at radius 2 is 2.37 bits per heavy atom. The summed E-state index contributed by atoms with van der Waals surface area (Å²) in [6.07, 6.45) is 0.504. The summed E-state index contributed by atoms with van der Waals surface area (Å²) in [5.74, 6) is 0.494. The van der Waals surface area contributed by atoms with Gasteiger partial charge < -0.3 is 15.2 Å². The first-order chi connectivity index (χ1) is 9.02. The van der Waals surface area contributed by atoms with Crippen LogP contribution in [0.15, 0.2) is 16.9 Å². The van der Waals surface area contributed by atoms with Gasteiger partial charge in [-0.05, 0) is 19.1 Å². The van der Waals surface area contributed by atoms with Crippen LogP contribution in [-0.4, -0.2) is 50.8 Å². The number of ether oxygens (including phenoxy) is 1. The molecule has 2 aromatic heterocycles. The topological polar surface area (TPSA) is 105 Å². The second-order valence-electron chi connectivity index (χ2n) is 4.61. The monoisotopic (exact) mass is 267 g/mol. The lowest BCUT2D eigenvalue weighted by Gasteiger charge is -2.23. The Morgan fingerprint density at radius 1 is 1.58 bits per heavy atom. The number of aliphatic hydroxyl groups is 1. The lowest BCUT2D eigenvalue weighted by molar-refractivity contribution is 0.0357. The minimum Gasteiger partial charge on any atom is -0.388 e. The van der Waals surface area contributed by atoms with E-state index in [1.165, 1.54) is 0 Å². The van der Waals surface area contributed by atoms with E-state index in [1.54, 1.807) is 26.2 Å². The van der Waals surface area contributed by atoms with Crippen molar-refractivity contribution in [3.63, 3.8) is 0 Å². The molecule has 0 amide bonds. The third-order valence-corrected chi connectivity index (χ3v) is 2.77. The molecule has 0 aliphatic carbocycles. The molecule has 0 spiro atoms. The fourth-order valence-corrected chi connectivity index (χ4v) is 1.59. The van der Waals surface area contributed by atoms with Crippen LogP contribution >= 0.6 is 0 Å². The number of methoxy groups -OCH3 is 1. The van der Waals surface area contributed by atoms with Crippen LogP contribution in [0.4, 0.5) is 5.82 Å². The minimum atomic E-state index is -0.909. The summed E-state index contributed by atoms with van der Waals surface area (Å²) in [5, 5.41) is 23.2. The van der Waals surface area contributed by atoms with Crippen molar-refractivity contribution in [1.29, 1.82) is 0 Å². The van der Waals surface area contributed by atoms with Crippen LogP contribution in [0.25, 0.3) is 5.65 Å². The normalized spacial score (nSPS) is 14.5. The quantitative estimate of drug-likeness (QED) is 0.659. The number of aromatic nitrogens is 4. The zero-order chi connectivity index (χ0) is 13.9. The first kappa shape index (κ1) is 13.5. The molecule has 8 heteroatoms. The van der Waals surface area contributed by atoms with Crippen LogP contribution in [0.2, 0.25) is 0 Å². The Hall–Kier alpha value is -1.93. The van der Waals surface area contributed by atoms with Gasteiger partial charge in [-0.3, -0.25) is 0 Å². The van der Waals surface area contributed by atoms with Crippen LogP contribution in [0, 0.1) is 0 Å². The van der Waals surface area contributed by atoms with Crippen LogP contribution in [-0.2, 0) is 4.74 Å². The fourth-order valence-electron chi connectivity index (χ4n) is 1.59. The van der Waals surface area contributed by atoms with Crippen molar-refractivity contribution >= 4 is 11.5 Å². The average molecular weight is 267 g/mol. The summed E-state index contributed by atoms with van der Waals surface area (Å²) in [4.78, 5) is 11.4. The molecule has 0 bridgehead atoms. The second kappa shape index (κ2) is 5.37. The molecule has 2 aromatic rings. The molecule has 3 N–H and O–H groups in total. The van der Waals surface area contributed by atoms with Gasteiger partial charge in [0.25, 0.3) is 0 Å². The van der Waals surface area contributed by atoms with Crippen molar-refractivity contribution in [1.82, 2.24) is 19.8 Å². The second-order valence-corrected chi connectivity index (χ2v) is 4.61. The zero-order valence-corrected chi connectivity index (χ0v) is 10.9. The molecule has 0 aliphatic heterocycles. The summed E-state index contributed by atoms with van der Waals surface area (Å²) < 4.78 is 6.09. The smallest absolute Gasteiger partial charge is 0.364 e. The molecular weight excluding hydrogens is 250 g/mol. The van der Waals surface area contributed by atoms with Crippen molar-refractivity contribution in [2.45, 2.75) is 18.9 Å². The van der Waals surface area contributed by atoms with Crippen LogP contribution < -0.4 is 11.0 Å². The molecule has 8 nitrogen and oxygen atoms in total. The van der Waals surface area contributed by atoms with Crippen LogP contribution in [0.1, 0.15) is 13.3 Å². The van der Waals surface area contributed by atoms with Gasteiger partial charge in [0.15, 0.2) is 5.65 Å². The SMILES string of the molecule is COCCC(C)(O)CNc1ccc2n[nH]c(=O)n2n1. The lowest BCUT2D eigenvalue weighted by Crippen LogP contribution is -2.35. The van der Waals surface area contributed by atoms with E-state index in [1.807, 2.05) is 0 Å². The maximum absolute atomic E-state index is 11.4. The molecule has 2 heterocycles. The van der Waals surface area contributed by atoms with Crippen molar-refractivity contribution in [3.8, 4) is 0 Å². The molecule has 0 saturated carbocycles. The van der Waals surface area contributed by atoms with Gasteiger partial charge in [-0.2, -0.15) is 9.61 Å². The van der Waals surface area contributed by atoms with Gasteiger partial charge in [-0.1, -0.05) is 0 Å². The van der Waals surface area contributed by atoms with E-state index < -0.39 is 11.3 Å². The Morgan fingerprint density at radius 3 is 3.11 bits per heavy atom. The summed E-state index contributed by atoms with van der Waals surface area (Å²) in [6, 6.07) is 3.36. The standard InChI is InChI=1S/C11H17N5O3/c1-11(18,5-6-19-2)7-12-8-3-4-9-13-14-10(17)16(9)15-8/h3-4,18H,5-7H2,1-2H3,(H,12,15)(H,14,17). The number of anilines is 1. The molecule has 0 radical (unpaired) electrons. The molecule has 1 atom stereocenters. The average Bonchev–Trinajstić information content (AvgIpc) is 2.76. The molecule has 0 aliphatic rings. The molecule has 0 aromatic carbocycles. The molecule has 19 heavy (non-hydrogen) atoms. The number of rotatable bonds is 6. The third-order valence-electron chi connectivity index (χ3n) is 2.77. The fraction of sp³-hybridized carbons (Fsp3) is 0.545. The maximum Gasteiger partial charge on any atom is 0.364 e. The van der Waals surface area contributed by atoms with Gasteiger partial charge in [0.05, 0.1) is 5.60 Å². The van der Waals surface area contributed by atoms with Crippen LogP contribution in [0.5, 0.6) is 0 Å². The first-order valence-corrected chi connectivity index (χ1v) is 5.91. The van der Waals surface area contributed by atoms with Gasteiger partial charge in [0.1, 0.15) is 5.82 Å². The number of fused-ring (bicyclic) bond motifs is 1. The van der Waals surface area contributed by atoms with Gasteiger partial charge in [0.2, 0.25) is 0 Å². The van der Waals surface area contributed by atoms with E-state index >= 15 is 0 Å². The lowest BCUT2D eigenvalue weighted by atomic mass is 10.0. The van der Waals surface area contributed by atoms with Crippen molar-refractivity contribution in [2.24, 2.45) is 0 Å². The molecular formula is C11H17N5O3. The Labute approximate surface area is 109 Å². The van der Waals surface area contributed by atoms with Crippen LogP contribution in [0.3, 0.4) is 0 Å². The predicted octanol–water partition coefficient (Wildman–Crippen LogP) is -0.383. The molecule has 104 valence electrons.